The lowest BCUT2D eigenvalue weighted by Gasteiger charge is -2.07. The molecular formula is C19H15Cl2N3O. The first kappa shape index (κ1) is 17.4. The first-order valence-electron chi connectivity index (χ1n) is 7.68. The van der Waals surface area contributed by atoms with E-state index in [-0.39, 0.29) is 12.3 Å². The summed E-state index contributed by atoms with van der Waals surface area (Å²) < 4.78 is 0. The molecule has 0 aliphatic carbocycles. The van der Waals surface area contributed by atoms with E-state index in [9.17, 15) is 4.79 Å². The molecule has 1 amide bonds. The molecular weight excluding hydrogens is 357 g/mol. The summed E-state index contributed by atoms with van der Waals surface area (Å²) >= 11 is 11.9. The third kappa shape index (κ3) is 5.28. The number of rotatable bonds is 5. The fraction of sp³-hybridized carbons (Fsp3) is 0.105. The van der Waals surface area contributed by atoms with Gasteiger partial charge >= 0.3 is 0 Å². The van der Waals surface area contributed by atoms with Crippen LogP contribution in [0.2, 0.25) is 10.0 Å². The number of carbonyl (C=O) groups is 1. The Morgan fingerprint density at radius 3 is 2.32 bits per heavy atom. The van der Waals surface area contributed by atoms with Gasteiger partial charge in [0, 0.05) is 22.5 Å². The second-order valence-corrected chi connectivity index (χ2v) is 6.43. The molecule has 1 aromatic heterocycles. The van der Waals surface area contributed by atoms with Crippen LogP contribution in [0, 0.1) is 0 Å². The molecule has 0 saturated heterocycles. The molecule has 0 spiro atoms. The van der Waals surface area contributed by atoms with Gasteiger partial charge < -0.3 is 5.32 Å². The summed E-state index contributed by atoms with van der Waals surface area (Å²) in [4.78, 5) is 20.5. The second-order valence-electron chi connectivity index (χ2n) is 5.56. The molecule has 25 heavy (non-hydrogen) atoms. The first-order chi connectivity index (χ1) is 12.1. The van der Waals surface area contributed by atoms with Crippen LogP contribution in [-0.2, 0) is 17.6 Å². The first-order valence-corrected chi connectivity index (χ1v) is 8.44. The van der Waals surface area contributed by atoms with Crippen LogP contribution in [0.15, 0.2) is 60.9 Å². The number of anilines is 1. The summed E-state index contributed by atoms with van der Waals surface area (Å²) in [7, 11) is 0. The van der Waals surface area contributed by atoms with Gasteiger partial charge in [-0.15, -0.1) is 0 Å². The number of amides is 1. The lowest BCUT2D eigenvalue weighted by molar-refractivity contribution is -0.115. The molecule has 0 bridgehead atoms. The van der Waals surface area contributed by atoms with Crippen LogP contribution >= 0.6 is 23.2 Å². The summed E-state index contributed by atoms with van der Waals surface area (Å²) in [6, 6.07) is 16.6. The number of halogens is 2. The molecule has 3 aromatic rings. The predicted molar refractivity (Wildman–Crippen MR) is 100 cm³/mol. The molecule has 0 radical (unpaired) electrons. The number of nitrogens with one attached hydrogen (secondary N) is 1. The number of hydrogen-bond acceptors (Lipinski definition) is 3. The highest BCUT2D eigenvalue weighted by molar-refractivity contribution is 6.30. The molecule has 4 nitrogen and oxygen atoms in total. The minimum absolute atomic E-state index is 0.158. The highest BCUT2D eigenvalue weighted by atomic mass is 35.5. The molecule has 6 heteroatoms. The third-order valence-corrected chi connectivity index (χ3v) is 3.99. The maximum atomic E-state index is 12.2. The van der Waals surface area contributed by atoms with Gasteiger partial charge in [0.2, 0.25) is 5.91 Å². The normalized spacial score (nSPS) is 10.5. The molecule has 0 fully saturated rings. The van der Waals surface area contributed by atoms with Gasteiger partial charge in [-0.3, -0.25) is 4.79 Å². The van der Waals surface area contributed by atoms with Crippen LogP contribution in [0.1, 0.15) is 16.8 Å². The van der Waals surface area contributed by atoms with Crippen LogP contribution in [0.5, 0.6) is 0 Å². The summed E-state index contributed by atoms with van der Waals surface area (Å²) in [5.74, 6) is 0.314. The summed E-state index contributed by atoms with van der Waals surface area (Å²) in [6.45, 7) is 0. The third-order valence-electron chi connectivity index (χ3n) is 3.52. The largest absolute Gasteiger partial charge is 0.310 e. The second kappa shape index (κ2) is 8.10. The van der Waals surface area contributed by atoms with E-state index >= 15 is 0 Å². The van der Waals surface area contributed by atoms with Crippen LogP contribution < -0.4 is 5.32 Å². The van der Waals surface area contributed by atoms with Gasteiger partial charge in [-0.2, -0.15) is 0 Å². The van der Waals surface area contributed by atoms with E-state index in [1.165, 1.54) is 6.33 Å². The monoisotopic (exact) mass is 371 g/mol. The highest BCUT2D eigenvalue weighted by Gasteiger charge is 2.07. The number of hydrogen-bond donors (Lipinski definition) is 1. The van der Waals surface area contributed by atoms with E-state index < -0.39 is 0 Å². The Balaban J connectivity index is 1.66. The van der Waals surface area contributed by atoms with E-state index in [1.807, 2.05) is 36.4 Å². The van der Waals surface area contributed by atoms with Gasteiger partial charge in [-0.05, 0) is 35.4 Å². The Hall–Kier alpha value is -2.43. The van der Waals surface area contributed by atoms with Crippen LogP contribution in [0.25, 0.3) is 0 Å². The van der Waals surface area contributed by atoms with E-state index in [0.717, 1.165) is 16.8 Å². The van der Waals surface area contributed by atoms with Crippen LogP contribution in [0.3, 0.4) is 0 Å². The maximum Gasteiger partial charge on any atom is 0.229 e. The van der Waals surface area contributed by atoms with Crippen molar-refractivity contribution in [1.29, 1.82) is 0 Å². The Kier molecular flexibility index (Phi) is 5.64. The van der Waals surface area contributed by atoms with Gasteiger partial charge in [0.1, 0.15) is 12.1 Å². The Bertz CT molecular complexity index is 899. The van der Waals surface area contributed by atoms with Gasteiger partial charge in [0.15, 0.2) is 0 Å². The SMILES string of the molecule is O=C(Cc1cccc(Cl)c1)Nc1cc(Cc2cccc(Cl)c2)ncn1. The van der Waals surface area contributed by atoms with E-state index in [2.05, 4.69) is 15.3 Å². The number of nitrogens with zero attached hydrogens (tertiary/aromatic N) is 2. The molecule has 0 aliphatic heterocycles. The fourth-order valence-electron chi connectivity index (χ4n) is 2.44. The van der Waals surface area contributed by atoms with Gasteiger partial charge in [0.05, 0.1) is 12.1 Å². The summed E-state index contributed by atoms with van der Waals surface area (Å²) in [5.41, 5.74) is 2.69. The van der Waals surface area contributed by atoms with Crippen molar-refractivity contribution >= 4 is 34.9 Å². The molecule has 1 heterocycles. The maximum absolute atomic E-state index is 12.2. The molecule has 1 N–H and O–H groups in total. The van der Waals surface area contributed by atoms with Crippen molar-refractivity contribution in [2.45, 2.75) is 12.8 Å². The Morgan fingerprint density at radius 2 is 1.60 bits per heavy atom. The Morgan fingerprint density at radius 1 is 0.920 bits per heavy atom. The Labute approximate surface area is 155 Å². The van der Waals surface area contributed by atoms with E-state index in [1.54, 1.807) is 18.2 Å². The van der Waals surface area contributed by atoms with Crippen LogP contribution in [-0.4, -0.2) is 15.9 Å². The van der Waals surface area contributed by atoms with Crippen LogP contribution in [0.4, 0.5) is 5.82 Å². The van der Waals surface area contributed by atoms with Crippen molar-refractivity contribution in [3.05, 3.63) is 87.8 Å². The number of benzene rings is 2. The van der Waals surface area contributed by atoms with E-state index in [4.69, 9.17) is 23.2 Å². The molecule has 0 atom stereocenters. The average Bonchev–Trinajstić information content (AvgIpc) is 2.55. The molecule has 2 aromatic carbocycles. The average molecular weight is 372 g/mol. The van der Waals surface area contributed by atoms with Crippen molar-refractivity contribution in [3.63, 3.8) is 0 Å². The molecule has 126 valence electrons. The topological polar surface area (TPSA) is 54.9 Å². The smallest absolute Gasteiger partial charge is 0.229 e. The summed E-state index contributed by atoms with van der Waals surface area (Å²) in [6.07, 6.45) is 2.28. The zero-order valence-corrected chi connectivity index (χ0v) is 14.8. The predicted octanol–water partition coefficient (Wildman–Crippen LogP) is 4.56. The molecule has 0 unspecified atom stereocenters. The van der Waals surface area contributed by atoms with Crippen molar-refractivity contribution < 1.29 is 4.79 Å². The quantitative estimate of drug-likeness (QED) is 0.715. The number of carbonyl (C=O) groups excluding carboxylic acids is 1. The lowest BCUT2D eigenvalue weighted by Crippen LogP contribution is -2.15. The molecule has 3 rings (SSSR count). The summed E-state index contributed by atoms with van der Waals surface area (Å²) in [5, 5.41) is 4.08. The minimum Gasteiger partial charge on any atom is -0.310 e. The van der Waals surface area contributed by atoms with Gasteiger partial charge in [-0.1, -0.05) is 47.5 Å². The minimum atomic E-state index is -0.158. The van der Waals surface area contributed by atoms with Crippen molar-refractivity contribution in [2.75, 3.05) is 5.32 Å². The zero-order chi connectivity index (χ0) is 17.6. The van der Waals surface area contributed by atoms with E-state index in [0.29, 0.717) is 22.3 Å². The zero-order valence-electron chi connectivity index (χ0n) is 13.2. The molecule has 0 aliphatic rings. The van der Waals surface area contributed by atoms with Crippen molar-refractivity contribution in [3.8, 4) is 0 Å². The lowest BCUT2D eigenvalue weighted by atomic mass is 10.1. The van der Waals surface area contributed by atoms with Crippen molar-refractivity contribution in [1.82, 2.24) is 9.97 Å². The number of aromatic nitrogens is 2. The highest BCUT2D eigenvalue weighted by Crippen LogP contribution is 2.15. The standard InChI is InChI=1S/C19H15Cl2N3O/c20-15-5-1-3-13(7-15)9-17-11-18(23-12-22-17)24-19(25)10-14-4-2-6-16(21)8-14/h1-8,11-12H,9-10H2,(H,22,23,24,25). The van der Waals surface area contributed by atoms with Gasteiger partial charge in [0.25, 0.3) is 0 Å². The molecule has 0 saturated carbocycles. The van der Waals surface area contributed by atoms with Gasteiger partial charge in [-0.25, -0.2) is 9.97 Å². The fourth-order valence-corrected chi connectivity index (χ4v) is 2.86. The van der Waals surface area contributed by atoms with Crippen molar-refractivity contribution in [2.24, 2.45) is 0 Å².